The average molecular weight is 273 g/mol. The maximum Gasteiger partial charge on any atom is 0.143 e. The first-order chi connectivity index (χ1) is 9.74. The van der Waals surface area contributed by atoms with Gasteiger partial charge >= 0.3 is 0 Å². The smallest absolute Gasteiger partial charge is 0.143 e. The van der Waals surface area contributed by atoms with Crippen molar-refractivity contribution in [2.45, 2.75) is 25.7 Å². The molecule has 0 bridgehead atoms. The van der Waals surface area contributed by atoms with Crippen molar-refractivity contribution in [2.75, 3.05) is 31.1 Å². The van der Waals surface area contributed by atoms with Gasteiger partial charge in [0, 0.05) is 25.0 Å². The van der Waals surface area contributed by atoms with Crippen molar-refractivity contribution in [2.24, 2.45) is 5.41 Å². The summed E-state index contributed by atoms with van der Waals surface area (Å²) < 4.78 is 13.8. The van der Waals surface area contributed by atoms with Gasteiger partial charge in [0.2, 0.25) is 0 Å². The molecule has 20 heavy (non-hydrogen) atoms. The monoisotopic (exact) mass is 273 g/mol. The number of piperidine rings is 2. The van der Waals surface area contributed by atoms with Gasteiger partial charge < -0.3 is 10.2 Å². The van der Waals surface area contributed by atoms with Gasteiger partial charge in [0.1, 0.15) is 17.4 Å². The van der Waals surface area contributed by atoms with Crippen LogP contribution in [0.5, 0.6) is 0 Å². The lowest BCUT2D eigenvalue weighted by atomic mass is 9.74. The quantitative estimate of drug-likeness (QED) is 0.855. The van der Waals surface area contributed by atoms with Crippen LogP contribution in [0.25, 0.3) is 0 Å². The number of nitrogens with one attached hydrogen (secondary N) is 1. The van der Waals surface area contributed by atoms with E-state index < -0.39 is 5.82 Å². The molecule has 2 fully saturated rings. The van der Waals surface area contributed by atoms with Crippen LogP contribution in [-0.4, -0.2) is 26.2 Å². The molecule has 2 heterocycles. The van der Waals surface area contributed by atoms with E-state index >= 15 is 0 Å². The Morgan fingerprint density at radius 1 is 1.30 bits per heavy atom. The molecule has 0 amide bonds. The molecule has 1 aromatic rings. The summed E-state index contributed by atoms with van der Waals surface area (Å²) in [4.78, 5) is 2.21. The van der Waals surface area contributed by atoms with Crippen molar-refractivity contribution in [3.8, 4) is 6.07 Å². The first-order valence-electron chi connectivity index (χ1n) is 7.38. The van der Waals surface area contributed by atoms with Crippen molar-refractivity contribution in [3.05, 3.63) is 29.6 Å². The molecule has 1 N–H and O–H groups in total. The van der Waals surface area contributed by atoms with Gasteiger partial charge in [-0.3, -0.25) is 0 Å². The number of hydrogen-bond acceptors (Lipinski definition) is 3. The molecular formula is C16H20FN3. The Morgan fingerprint density at radius 2 is 2.15 bits per heavy atom. The van der Waals surface area contributed by atoms with Gasteiger partial charge in [0.25, 0.3) is 0 Å². The summed E-state index contributed by atoms with van der Waals surface area (Å²) in [5.41, 5.74) is 1.25. The third-order valence-corrected chi connectivity index (χ3v) is 4.67. The number of nitriles is 1. The predicted octanol–water partition coefficient (Wildman–Crippen LogP) is 2.67. The fourth-order valence-electron chi connectivity index (χ4n) is 3.68. The summed E-state index contributed by atoms with van der Waals surface area (Å²) in [6.07, 6.45) is 4.78. The van der Waals surface area contributed by atoms with Gasteiger partial charge in [-0.2, -0.15) is 5.26 Å². The highest BCUT2D eigenvalue weighted by molar-refractivity contribution is 5.60. The van der Waals surface area contributed by atoms with Crippen molar-refractivity contribution in [1.82, 2.24) is 5.32 Å². The van der Waals surface area contributed by atoms with Crippen molar-refractivity contribution >= 4 is 5.69 Å². The highest BCUT2D eigenvalue weighted by Crippen LogP contribution is 2.38. The summed E-state index contributed by atoms with van der Waals surface area (Å²) in [5, 5.41) is 12.7. The SMILES string of the molecule is N#Cc1c(F)cccc1N1CCCC2(CCCNC2)C1. The summed E-state index contributed by atoms with van der Waals surface area (Å²) in [6, 6.07) is 6.96. The van der Waals surface area contributed by atoms with E-state index in [1.807, 2.05) is 12.1 Å². The lowest BCUT2D eigenvalue weighted by Crippen LogP contribution is -2.51. The number of rotatable bonds is 1. The summed E-state index contributed by atoms with van der Waals surface area (Å²) in [5.74, 6) is -0.411. The van der Waals surface area contributed by atoms with Crippen molar-refractivity contribution in [3.63, 3.8) is 0 Å². The maximum atomic E-state index is 13.8. The Balaban J connectivity index is 1.87. The molecule has 2 aliphatic heterocycles. The van der Waals surface area contributed by atoms with Gasteiger partial charge in [0.05, 0.1) is 5.69 Å². The molecule has 2 aliphatic rings. The first-order valence-corrected chi connectivity index (χ1v) is 7.38. The average Bonchev–Trinajstić information content (AvgIpc) is 2.48. The van der Waals surface area contributed by atoms with E-state index in [9.17, 15) is 9.65 Å². The van der Waals surface area contributed by atoms with E-state index in [0.29, 0.717) is 5.41 Å². The molecule has 2 saturated heterocycles. The lowest BCUT2D eigenvalue weighted by molar-refractivity contribution is 0.173. The van der Waals surface area contributed by atoms with Crippen molar-refractivity contribution < 1.29 is 4.39 Å². The van der Waals surface area contributed by atoms with Gasteiger partial charge in [-0.25, -0.2) is 4.39 Å². The van der Waals surface area contributed by atoms with E-state index in [2.05, 4.69) is 10.2 Å². The molecule has 1 unspecified atom stereocenters. The zero-order valence-electron chi connectivity index (χ0n) is 11.7. The van der Waals surface area contributed by atoms with E-state index in [1.165, 1.54) is 25.3 Å². The Bertz CT molecular complexity index is 524. The van der Waals surface area contributed by atoms with Gasteiger partial charge in [-0.05, 0) is 44.4 Å². The molecule has 0 radical (unpaired) electrons. The standard InChI is InChI=1S/C16H20FN3/c17-14-4-1-5-15(13(14)10-18)20-9-3-7-16(12-20)6-2-8-19-11-16/h1,4-5,19H,2-3,6-9,11-12H2. The largest absolute Gasteiger partial charge is 0.370 e. The van der Waals surface area contributed by atoms with Gasteiger partial charge in [-0.1, -0.05) is 6.07 Å². The number of halogens is 1. The minimum absolute atomic E-state index is 0.188. The molecule has 4 heteroatoms. The molecule has 1 aromatic carbocycles. The van der Waals surface area contributed by atoms with Crippen LogP contribution in [0.3, 0.4) is 0 Å². The summed E-state index contributed by atoms with van der Waals surface area (Å²) in [7, 11) is 0. The second-order valence-electron chi connectivity index (χ2n) is 6.05. The zero-order valence-corrected chi connectivity index (χ0v) is 11.7. The molecule has 0 saturated carbocycles. The van der Waals surface area contributed by atoms with Crippen LogP contribution in [0.1, 0.15) is 31.2 Å². The summed E-state index contributed by atoms with van der Waals surface area (Å²) in [6.45, 7) is 3.99. The fourth-order valence-corrected chi connectivity index (χ4v) is 3.68. The molecule has 3 rings (SSSR count). The molecule has 3 nitrogen and oxygen atoms in total. The fraction of sp³-hybridized carbons (Fsp3) is 0.562. The topological polar surface area (TPSA) is 39.1 Å². The molecule has 1 spiro atoms. The Hall–Kier alpha value is -1.60. The first kappa shape index (κ1) is 13.4. The van der Waals surface area contributed by atoms with E-state index in [-0.39, 0.29) is 5.56 Å². The van der Waals surface area contributed by atoms with E-state index in [4.69, 9.17) is 0 Å². The van der Waals surface area contributed by atoms with E-state index in [1.54, 1.807) is 6.07 Å². The Kier molecular flexibility index (Phi) is 3.62. The number of nitrogens with zero attached hydrogens (tertiary/aromatic N) is 2. The number of hydrogen-bond donors (Lipinski definition) is 1. The van der Waals surface area contributed by atoms with Gasteiger partial charge in [0.15, 0.2) is 0 Å². The van der Waals surface area contributed by atoms with Gasteiger partial charge in [-0.15, -0.1) is 0 Å². The molecule has 1 atom stereocenters. The molecule has 0 aliphatic carbocycles. The molecular weight excluding hydrogens is 253 g/mol. The number of benzene rings is 1. The normalized spacial score (nSPS) is 26.5. The van der Waals surface area contributed by atoms with Crippen LogP contribution in [0.2, 0.25) is 0 Å². The second kappa shape index (κ2) is 5.41. The second-order valence-corrected chi connectivity index (χ2v) is 6.05. The van der Waals surface area contributed by atoms with Crippen LogP contribution in [-0.2, 0) is 0 Å². The predicted molar refractivity (Wildman–Crippen MR) is 77.1 cm³/mol. The highest BCUT2D eigenvalue weighted by atomic mass is 19.1. The third-order valence-electron chi connectivity index (χ3n) is 4.67. The van der Waals surface area contributed by atoms with Crippen LogP contribution < -0.4 is 10.2 Å². The zero-order chi connectivity index (χ0) is 14.0. The van der Waals surface area contributed by atoms with E-state index in [0.717, 1.165) is 38.3 Å². The summed E-state index contributed by atoms with van der Waals surface area (Å²) >= 11 is 0. The molecule has 106 valence electrons. The van der Waals surface area contributed by atoms with Crippen molar-refractivity contribution in [1.29, 1.82) is 5.26 Å². The highest BCUT2D eigenvalue weighted by Gasteiger charge is 2.37. The maximum absolute atomic E-state index is 13.8. The Labute approximate surface area is 119 Å². The minimum Gasteiger partial charge on any atom is -0.370 e. The van der Waals surface area contributed by atoms with Crippen LogP contribution in [0, 0.1) is 22.6 Å². The third kappa shape index (κ3) is 2.38. The van der Waals surface area contributed by atoms with Crippen LogP contribution >= 0.6 is 0 Å². The van der Waals surface area contributed by atoms with Crippen LogP contribution in [0.4, 0.5) is 10.1 Å². The minimum atomic E-state index is -0.411. The Morgan fingerprint density at radius 3 is 2.90 bits per heavy atom. The lowest BCUT2D eigenvalue weighted by Gasteiger charge is -2.46. The molecule has 0 aromatic heterocycles. The number of anilines is 1. The van der Waals surface area contributed by atoms with Crippen LogP contribution in [0.15, 0.2) is 18.2 Å².